The summed E-state index contributed by atoms with van der Waals surface area (Å²) in [5.41, 5.74) is 1.49. The average molecular weight is 354 g/mol. The van der Waals surface area contributed by atoms with Crippen LogP contribution in [0.2, 0.25) is 0 Å². The maximum atomic E-state index is 12.4. The van der Waals surface area contributed by atoms with Gasteiger partial charge >= 0.3 is 0 Å². The smallest absolute Gasteiger partial charge is 0.261 e. The first-order valence-electron chi connectivity index (χ1n) is 7.44. The normalized spacial score (nSPS) is 13.3. The molecule has 1 rings (SSSR count). The van der Waals surface area contributed by atoms with Gasteiger partial charge in [-0.3, -0.25) is 10.0 Å². The van der Waals surface area contributed by atoms with Crippen molar-refractivity contribution in [3.05, 3.63) is 24.3 Å². The Morgan fingerprint density at radius 1 is 1.33 bits per heavy atom. The topological polar surface area (TPSA) is 105 Å². The quantitative estimate of drug-likeness (QED) is 0.371. The molecule has 3 N–H and O–H groups in total. The van der Waals surface area contributed by atoms with Crippen LogP contribution >= 0.6 is 0 Å². The van der Waals surface area contributed by atoms with Crippen LogP contribution in [0.4, 0.5) is 0 Å². The molecule has 132 valence electrons. The molecule has 0 heterocycles. The summed E-state index contributed by atoms with van der Waals surface area (Å²) in [6.07, 6.45) is 0.561. The van der Waals surface area contributed by atoms with Gasteiger partial charge in [-0.1, -0.05) is 26.2 Å². The van der Waals surface area contributed by atoms with Gasteiger partial charge in [-0.2, -0.15) is 4.72 Å². The highest BCUT2D eigenvalue weighted by atomic mass is 32.2. The molecule has 0 radical (unpaired) electrons. The standard InChI is InChI=1S/C16H22N2O5S/c1-4-6-11-23-13-7-9-14(10-8-13)24(21,22)18-15(12(3)5-2)16(19)17-20/h7-10,12,15,18,20H,5,11H2,1-3H3,(H,17,19)/t12-,15+/m0/s1. The predicted molar refractivity (Wildman–Crippen MR) is 88.9 cm³/mol. The molecule has 1 aromatic rings. The molecular weight excluding hydrogens is 332 g/mol. The second-order valence-electron chi connectivity index (χ2n) is 5.15. The van der Waals surface area contributed by atoms with E-state index in [9.17, 15) is 13.2 Å². The maximum Gasteiger partial charge on any atom is 0.261 e. The first-order valence-corrected chi connectivity index (χ1v) is 8.92. The van der Waals surface area contributed by atoms with Crippen molar-refractivity contribution in [1.29, 1.82) is 0 Å². The van der Waals surface area contributed by atoms with Crippen molar-refractivity contribution in [2.75, 3.05) is 6.61 Å². The summed E-state index contributed by atoms with van der Waals surface area (Å²) in [5, 5.41) is 8.79. The van der Waals surface area contributed by atoms with E-state index >= 15 is 0 Å². The number of carbonyl (C=O) groups is 1. The van der Waals surface area contributed by atoms with Crippen LogP contribution in [0.3, 0.4) is 0 Å². The van der Waals surface area contributed by atoms with Crippen molar-refractivity contribution in [2.45, 2.75) is 38.1 Å². The lowest BCUT2D eigenvalue weighted by Crippen LogP contribution is -2.49. The molecule has 0 saturated carbocycles. The van der Waals surface area contributed by atoms with Gasteiger partial charge in [0.15, 0.2) is 0 Å². The Morgan fingerprint density at radius 2 is 1.96 bits per heavy atom. The SMILES string of the molecule is CC#CCOc1ccc(S(=O)(=O)N[C@@H](C(=O)NO)[C@@H](C)CC)cc1. The largest absolute Gasteiger partial charge is 0.481 e. The highest BCUT2D eigenvalue weighted by molar-refractivity contribution is 7.89. The Bertz CT molecular complexity index is 704. The van der Waals surface area contributed by atoms with Gasteiger partial charge in [0.1, 0.15) is 18.4 Å². The fourth-order valence-corrected chi connectivity index (χ4v) is 3.18. The average Bonchev–Trinajstić information content (AvgIpc) is 2.59. The van der Waals surface area contributed by atoms with Crippen LogP contribution in [-0.4, -0.2) is 32.2 Å². The molecule has 1 amide bonds. The monoisotopic (exact) mass is 354 g/mol. The van der Waals surface area contributed by atoms with Crippen molar-refractivity contribution in [3.8, 4) is 17.6 Å². The van der Waals surface area contributed by atoms with Crippen molar-refractivity contribution in [2.24, 2.45) is 5.92 Å². The van der Waals surface area contributed by atoms with Crippen LogP contribution < -0.4 is 14.9 Å². The second-order valence-corrected chi connectivity index (χ2v) is 6.86. The second kappa shape index (κ2) is 9.27. The molecule has 8 heteroatoms. The van der Waals surface area contributed by atoms with Gasteiger partial charge in [-0.25, -0.2) is 13.9 Å². The van der Waals surface area contributed by atoms with Gasteiger partial charge in [0.2, 0.25) is 10.0 Å². The summed E-state index contributed by atoms with van der Waals surface area (Å²) >= 11 is 0. The van der Waals surface area contributed by atoms with Crippen LogP contribution in [0, 0.1) is 17.8 Å². The Kier molecular flexibility index (Phi) is 7.71. The molecule has 0 saturated heterocycles. The molecule has 0 aliphatic heterocycles. The number of hydrogen-bond donors (Lipinski definition) is 3. The summed E-state index contributed by atoms with van der Waals surface area (Å²) in [7, 11) is -3.92. The molecule has 0 aromatic heterocycles. The van der Waals surface area contributed by atoms with Gasteiger partial charge in [-0.15, -0.1) is 5.92 Å². The fourth-order valence-electron chi connectivity index (χ4n) is 1.88. The Hall–Kier alpha value is -2.08. The lowest BCUT2D eigenvalue weighted by Gasteiger charge is -2.22. The third-order valence-corrected chi connectivity index (χ3v) is 4.97. The van der Waals surface area contributed by atoms with Gasteiger partial charge in [0.25, 0.3) is 5.91 Å². The van der Waals surface area contributed by atoms with E-state index in [0.29, 0.717) is 12.2 Å². The number of ether oxygens (including phenoxy) is 1. The summed E-state index contributed by atoms with van der Waals surface area (Å²) in [4.78, 5) is 11.7. The summed E-state index contributed by atoms with van der Waals surface area (Å²) in [6.45, 7) is 5.45. The highest BCUT2D eigenvalue weighted by Crippen LogP contribution is 2.18. The summed E-state index contributed by atoms with van der Waals surface area (Å²) in [5.74, 6) is 4.82. The number of hydrogen-bond acceptors (Lipinski definition) is 5. The first-order chi connectivity index (χ1) is 11.4. The fraction of sp³-hybridized carbons (Fsp3) is 0.438. The Morgan fingerprint density at radius 3 is 2.46 bits per heavy atom. The van der Waals surface area contributed by atoms with E-state index in [1.54, 1.807) is 13.8 Å². The van der Waals surface area contributed by atoms with Crippen LogP contribution in [-0.2, 0) is 14.8 Å². The molecule has 0 spiro atoms. The van der Waals surface area contributed by atoms with E-state index in [1.807, 2.05) is 6.92 Å². The van der Waals surface area contributed by atoms with Gasteiger partial charge in [-0.05, 0) is 37.1 Å². The van der Waals surface area contributed by atoms with Crippen molar-refractivity contribution in [1.82, 2.24) is 10.2 Å². The lowest BCUT2D eigenvalue weighted by molar-refractivity contribution is -0.132. The molecule has 0 aliphatic carbocycles. The number of hydroxylamine groups is 1. The number of rotatable bonds is 8. The minimum Gasteiger partial charge on any atom is -0.481 e. The van der Waals surface area contributed by atoms with Crippen LogP contribution in [0.1, 0.15) is 27.2 Å². The zero-order valence-corrected chi connectivity index (χ0v) is 14.7. The summed E-state index contributed by atoms with van der Waals surface area (Å²) in [6, 6.07) is 4.70. The molecule has 2 atom stereocenters. The van der Waals surface area contributed by atoms with Crippen molar-refractivity contribution >= 4 is 15.9 Å². The molecule has 0 aliphatic rings. The number of nitrogens with one attached hydrogen (secondary N) is 2. The Labute approximate surface area is 142 Å². The molecule has 7 nitrogen and oxygen atoms in total. The van der Waals surface area contributed by atoms with Gasteiger partial charge < -0.3 is 4.74 Å². The van der Waals surface area contributed by atoms with E-state index in [1.165, 1.54) is 29.7 Å². The van der Waals surface area contributed by atoms with E-state index < -0.39 is 22.0 Å². The molecular formula is C16H22N2O5S. The Balaban J connectivity index is 2.93. The van der Waals surface area contributed by atoms with Gasteiger partial charge in [0, 0.05) is 0 Å². The number of amides is 1. The lowest BCUT2D eigenvalue weighted by atomic mass is 10.00. The van der Waals surface area contributed by atoms with Crippen LogP contribution in [0.15, 0.2) is 29.2 Å². The zero-order chi connectivity index (χ0) is 18.2. The van der Waals surface area contributed by atoms with Crippen molar-refractivity contribution < 1.29 is 23.2 Å². The van der Waals surface area contributed by atoms with Gasteiger partial charge in [0.05, 0.1) is 4.90 Å². The predicted octanol–water partition coefficient (Wildman–Crippen LogP) is 1.29. The zero-order valence-electron chi connectivity index (χ0n) is 13.9. The molecule has 0 bridgehead atoms. The van der Waals surface area contributed by atoms with Crippen molar-refractivity contribution in [3.63, 3.8) is 0 Å². The number of carbonyl (C=O) groups excluding carboxylic acids is 1. The maximum absolute atomic E-state index is 12.4. The molecule has 1 aromatic carbocycles. The minimum absolute atomic E-state index is 0.00420. The number of benzene rings is 1. The van der Waals surface area contributed by atoms with E-state index in [4.69, 9.17) is 9.94 Å². The van der Waals surface area contributed by atoms with Crippen LogP contribution in [0.25, 0.3) is 0 Å². The molecule has 0 fully saturated rings. The summed E-state index contributed by atoms with van der Waals surface area (Å²) < 4.78 is 32.5. The van der Waals surface area contributed by atoms with E-state index in [-0.39, 0.29) is 17.4 Å². The minimum atomic E-state index is -3.92. The van der Waals surface area contributed by atoms with E-state index in [0.717, 1.165) is 0 Å². The molecule has 0 unspecified atom stereocenters. The van der Waals surface area contributed by atoms with E-state index in [2.05, 4.69) is 16.6 Å². The third kappa shape index (κ3) is 5.53. The third-order valence-electron chi connectivity index (χ3n) is 3.51. The van der Waals surface area contributed by atoms with Crippen LogP contribution in [0.5, 0.6) is 5.75 Å². The first kappa shape index (κ1) is 20.0. The molecule has 24 heavy (non-hydrogen) atoms. The highest BCUT2D eigenvalue weighted by Gasteiger charge is 2.29. The number of sulfonamides is 1.